The van der Waals surface area contributed by atoms with Gasteiger partial charge in [0.25, 0.3) is 0 Å². The molecule has 1 spiro atoms. The van der Waals surface area contributed by atoms with Crippen LogP contribution in [-0.2, 0) is 10.3 Å². The summed E-state index contributed by atoms with van der Waals surface area (Å²) in [6.07, 6.45) is 5.37. The average molecular weight is 292 g/mol. The van der Waals surface area contributed by atoms with Crippen LogP contribution in [0.3, 0.4) is 0 Å². The maximum atomic E-state index is 11.6. The van der Waals surface area contributed by atoms with Gasteiger partial charge < -0.3 is 5.32 Å². The minimum atomic E-state index is 0.176. The van der Waals surface area contributed by atoms with Crippen LogP contribution in [-0.4, -0.2) is 31.4 Å². The molecule has 0 atom stereocenters. The summed E-state index contributed by atoms with van der Waals surface area (Å²) in [5.41, 5.74) is 0.415. The Balaban J connectivity index is 1.83. The minimum Gasteiger partial charge on any atom is -0.356 e. The van der Waals surface area contributed by atoms with Crippen molar-refractivity contribution in [3.63, 3.8) is 0 Å². The highest BCUT2D eigenvalue weighted by atomic mass is 32.1. The number of thiophene rings is 1. The van der Waals surface area contributed by atoms with Crippen molar-refractivity contribution in [1.29, 1.82) is 0 Å². The van der Waals surface area contributed by atoms with E-state index in [1.165, 1.54) is 9.75 Å². The molecule has 1 saturated carbocycles. The van der Waals surface area contributed by atoms with E-state index in [2.05, 4.69) is 43.4 Å². The average Bonchev–Trinajstić information content (AvgIpc) is 2.98. The summed E-state index contributed by atoms with van der Waals surface area (Å²) in [6.45, 7) is 3.07. The van der Waals surface area contributed by atoms with E-state index in [-0.39, 0.29) is 16.9 Å². The molecule has 20 heavy (non-hydrogen) atoms. The van der Waals surface area contributed by atoms with Gasteiger partial charge in [0.15, 0.2) is 0 Å². The second-order valence-electron chi connectivity index (χ2n) is 6.79. The first kappa shape index (κ1) is 14.1. The SMILES string of the molecule is Cc1ccc(C2(N(C)C)CCC3(CC2)CNC(=O)C3)s1. The quantitative estimate of drug-likeness (QED) is 0.909. The Hall–Kier alpha value is -0.870. The van der Waals surface area contributed by atoms with Crippen LogP contribution in [0.5, 0.6) is 0 Å². The second kappa shape index (κ2) is 4.85. The third kappa shape index (κ3) is 2.19. The van der Waals surface area contributed by atoms with E-state index in [9.17, 15) is 4.79 Å². The second-order valence-corrected chi connectivity index (χ2v) is 8.08. The molecule has 1 saturated heterocycles. The first-order chi connectivity index (χ1) is 9.46. The van der Waals surface area contributed by atoms with Gasteiger partial charge in [0.2, 0.25) is 5.91 Å². The molecule has 0 bridgehead atoms. The van der Waals surface area contributed by atoms with Gasteiger partial charge in [-0.2, -0.15) is 0 Å². The number of hydrogen-bond acceptors (Lipinski definition) is 3. The monoisotopic (exact) mass is 292 g/mol. The first-order valence-corrected chi connectivity index (χ1v) is 8.29. The number of aryl methyl sites for hydroxylation is 1. The summed E-state index contributed by atoms with van der Waals surface area (Å²) >= 11 is 1.93. The maximum absolute atomic E-state index is 11.6. The lowest BCUT2D eigenvalue weighted by Crippen LogP contribution is -2.46. The largest absolute Gasteiger partial charge is 0.356 e. The summed E-state index contributed by atoms with van der Waals surface area (Å²) in [7, 11) is 4.40. The molecule has 4 heteroatoms. The summed E-state index contributed by atoms with van der Waals surface area (Å²) in [5, 5.41) is 3.03. The van der Waals surface area contributed by atoms with Crippen LogP contribution in [0, 0.1) is 12.3 Å². The van der Waals surface area contributed by atoms with Crippen molar-refractivity contribution in [3.8, 4) is 0 Å². The van der Waals surface area contributed by atoms with E-state index in [4.69, 9.17) is 0 Å². The molecule has 1 N–H and O–H groups in total. The van der Waals surface area contributed by atoms with Crippen LogP contribution in [0.15, 0.2) is 12.1 Å². The number of nitrogens with one attached hydrogen (secondary N) is 1. The number of carbonyl (C=O) groups excluding carboxylic acids is 1. The summed E-state index contributed by atoms with van der Waals surface area (Å²) in [5.74, 6) is 0.245. The van der Waals surface area contributed by atoms with Gasteiger partial charge in [-0.1, -0.05) is 0 Å². The standard InChI is InChI=1S/C16H24N2OS/c1-12-4-5-13(20-12)16(18(2)3)8-6-15(7-9-16)10-14(19)17-11-15/h4-5H,6-11H2,1-3H3,(H,17,19). The molecule has 0 unspecified atom stereocenters. The minimum absolute atomic E-state index is 0.176. The van der Waals surface area contributed by atoms with Crippen molar-refractivity contribution >= 4 is 17.2 Å². The number of hydrogen-bond donors (Lipinski definition) is 1. The number of carbonyl (C=O) groups is 1. The third-order valence-corrected chi connectivity index (χ3v) is 6.58. The predicted octanol–water partition coefficient (Wildman–Crippen LogP) is 2.89. The van der Waals surface area contributed by atoms with Crippen molar-refractivity contribution in [2.75, 3.05) is 20.6 Å². The highest BCUT2D eigenvalue weighted by Crippen LogP contribution is 2.51. The first-order valence-electron chi connectivity index (χ1n) is 7.47. The fourth-order valence-corrected chi connectivity index (χ4v) is 5.09. The lowest BCUT2D eigenvalue weighted by Gasteiger charge is -2.47. The van der Waals surface area contributed by atoms with E-state index >= 15 is 0 Å². The van der Waals surface area contributed by atoms with Crippen LogP contribution in [0.2, 0.25) is 0 Å². The van der Waals surface area contributed by atoms with Gasteiger partial charge in [-0.15, -0.1) is 11.3 Å². The zero-order chi connectivity index (χ0) is 14.4. The van der Waals surface area contributed by atoms with Gasteiger partial charge in [-0.3, -0.25) is 9.69 Å². The maximum Gasteiger partial charge on any atom is 0.220 e. The Bertz CT molecular complexity index is 512. The van der Waals surface area contributed by atoms with Gasteiger partial charge in [0, 0.05) is 22.7 Å². The van der Waals surface area contributed by atoms with E-state index < -0.39 is 0 Å². The number of rotatable bonds is 2. The third-order valence-electron chi connectivity index (χ3n) is 5.39. The Morgan fingerprint density at radius 3 is 2.35 bits per heavy atom. The normalized spacial score (nSPS) is 33.9. The molecule has 1 amide bonds. The molecule has 3 nitrogen and oxygen atoms in total. The zero-order valence-electron chi connectivity index (χ0n) is 12.7. The molecule has 3 rings (SSSR count). The van der Waals surface area contributed by atoms with Gasteiger partial charge in [0.05, 0.1) is 5.54 Å². The molecule has 1 aliphatic heterocycles. The summed E-state index contributed by atoms with van der Waals surface area (Å²) < 4.78 is 0. The van der Waals surface area contributed by atoms with Crippen LogP contribution < -0.4 is 5.32 Å². The van der Waals surface area contributed by atoms with Crippen molar-refractivity contribution < 1.29 is 4.79 Å². The van der Waals surface area contributed by atoms with Crippen molar-refractivity contribution in [2.45, 2.75) is 44.6 Å². The topological polar surface area (TPSA) is 32.3 Å². The molecule has 2 aliphatic rings. The molecule has 1 aromatic rings. The lowest BCUT2D eigenvalue weighted by molar-refractivity contribution is -0.120. The fraction of sp³-hybridized carbons (Fsp3) is 0.688. The van der Waals surface area contributed by atoms with E-state index in [0.29, 0.717) is 0 Å². The number of amides is 1. The Morgan fingerprint density at radius 2 is 1.90 bits per heavy atom. The molecule has 1 aromatic heterocycles. The summed E-state index contributed by atoms with van der Waals surface area (Å²) in [6, 6.07) is 4.53. The Morgan fingerprint density at radius 1 is 1.20 bits per heavy atom. The smallest absolute Gasteiger partial charge is 0.220 e. The summed E-state index contributed by atoms with van der Waals surface area (Å²) in [4.78, 5) is 16.8. The predicted molar refractivity (Wildman–Crippen MR) is 82.9 cm³/mol. The van der Waals surface area contributed by atoms with Gasteiger partial charge >= 0.3 is 0 Å². The lowest BCUT2D eigenvalue weighted by atomic mass is 9.66. The van der Waals surface area contributed by atoms with Gasteiger partial charge in [0.1, 0.15) is 0 Å². The van der Waals surface area contributed by atoms with Crippen LogP contribution >= 0.6 is 11.3 Å². The van der Waals surface area contributed by atoms with E-state index in [0.717, 1.165) is 38.6 Å². The molecule has 110 valence electrons. The number of nitrogens with zero attached hydrogens (tertiary/aromatic N) is 1. The van der Waals surface area contributed by atoms with Crippen LogP contribution in [0.4, 0.5) is 0 Å². The van der Waals surface area contributed by atoms with Crippen LogP contribution in [0.1, 0.15) is 41.9 Å². The molecule has 1 aliphatic carbocycles. The Kier molecular flexibility index (Phi) is 3.41. The van der Waals surface area contributed by atoms with Crippen molar-refractivity contribution in [2.24, 2.45) is 5.41 Å². The van der Waals surface area contributed by atoms with E-state index in [1.54, 1.807) is 0 Å². The molecule has 0 radical (unpaired) electrons. The molecule has 2 fully saturated rings. The van der Waals surface area contributed by atoms with Gasteiger partial charge in [-0.05, 0) is 64.3 Å². The molecular formula is C16H24N2OS. The molecule has 2 heterocycles. The zero-order valence-corrected chi connectivity index (χ0v) is 13.5. The van der Waals surface area contributed by atoms with E-state index in [1.807, 2.05) is 11.3 Å². The van der Waals surface area contributed by atoms with Crippen LogP contribution in [0.25, 0.3) is 0 Å². The van der Waals surface area contributed by atoms with Crippen molar-refractivity contribution in [1.82, 2.24) is 10.2 Å². The Labute approximate surface area is 125 Å². The fourth-order valence-electron chi connectivity index (χ4n) is 3.90. The highest BCUT2D eigenvalue weighted by Gasteiger charge is 2.48. The highest BCUT2D eigenvalue weighted by molar-refractivity contribution is 7.12. The van der Waals surface area contributed by atoms with Crippen molar-refractivity contribution in [3.05, 3.63) is 21.9 Å². The molecular weight excluding hydrogens is 268 g/mol. The van der Waals surface area contributed by atoms with Gasteiger partial charge in [-0.25, -0.2) is 0 Å². The molecule has 0 aromatic carbocycles.